The van der Waals surface area contributed by atoms with Crippen molar-refractivity contribution in [3.8, 4) is 0 Å². The summed E-state index contributed by atoms with van der Waals surface area (Å²) in [6.07, 6.45) is 0. The molecule has 0 heterocycles. The Balaban J connectivity index is 2.47. The van der Waals surface area contributed by atoms with E-state index in [1.165, 1.54) is 29.6 Å². The number of rotatable bonds is 6. The molecule has 0 aliphatic heterocycles. The van der Waals surface area contributed by atoms with Crippen LogP contribution in [0.5, 0.6) is 0 Å². The molecular formula is C18H19Cl2FN2O3S. The standard InChI is InChI=1S/C18H19Cl2FN2O3S/c1-4-23(5-2)27(25,26)15-6-7-17(21)16(11-15)18(24)22(3)14-9-12(19)8-13(20)10-14/h6-11H,4-5H2,1-3H3. The van der Waals surface area contributed by atoms with Crippen LogP contribution in [0.3, 0.4) is 0 Å². The van der Waals surface area contributed by atoms with E-state index in [1.54, 1.807) is 13.8 Å². The number of hydrogen-bond donors (Lipinski definition) is 0. The highest BCUT2D eigenvalue weighted by atomic mass is 35.5. The summed E-state index contributed by atoms with van der Waals surface area (Å²) in [5, 5.41) is 0.631. The van der Waals surface area contributed by atoms with Crippen molar-refractivity contribution in [1.29, 1.82) is 0 Å². The minimum atomic E-state index is -3.82. The van der Waals surface area contributed by atoms with Gasteiger partial charge in [-0.3, -0.25) is 4.79 Å². The maximum Gasteiger partial charge on any atom is 0.261 e. The molecule has 0 aliphatic carbocycles. The van der Waals surface area contributed by atoms with Gasteiger partial charge in [-0.2, -0.15) is 4.31 Å². The van der Waals surface area contributed by atoms with E-state index in [0.29, 0.717) is 15.7 Å². The molecule has 2 aromatic rings. The van der Waals surface area contributed by atoms with Crippen LogP contribution in [-0.2, 0) is 10.0 Å². The van der Waals surface area contributed by atoms with Crippen molar-refractivity contribution in [1.82, 2.24) is 4.31 Å². The van der Waals surface area contributed by atoms with Crippen LogP contribution in [0.25, 0.3) is 0 Å². The van der Waals surface area contributed by atoms with Crippen LogP contribution in [-0.4, -0.2) is 38.8 Å². The third-order valence-corrected chi connectivity index (χ3v) is 6.53. The van der Waals surface area contributed by atoms with E-state index in [-0.39, 0.29) is 23.5 Å². The highest BCUT2D eigenvalue weighted by Crippen LogP contribution is 2.27. The van der Waals surface area contributed by atoms with Gasteiger partial charge in [0.2, 0.25) is 10.0 Å². The Morgan fingerprint density at radius 3 is 2.11 bits per heavy atom. The van der Waals surface area contributed by atoms with Crippen LogP contribution >= 0.6 is 23.2 Å². The van der Waals surface area contributed by atoms with Crippen molar-refractivity contribution >= 4 is 44.8 Å². The van der Waals surface area contributed by atoms with Crippen LogP contribution in [0.2, 0.25) is 10.0 Å². The Labute approximate surface area is 168 Å². The minimum absolute atomic E-state index is 0.145. The van der Waals surface area contributed by atoms with E-state index >= 15 is 0 Å². The zero-order valence-corrected chi connectivity index (χ0v) is 17.4. The molecule has 2 aromatic carbocycles. The summed E-state index contributed by atoms with van der Waals surface area (Å²) in [5.41, 5.74) is -0.00395. The smallest absolute Gasteiger partial charge is 0.261 e. The lowest BCUT2D eigenvalue weighted by Gasteiger charge is -2.21. The molecule has 27 heavy (non-hydrogen) atoms. The summed E-state index contributed by atoms with van der Waals surface area (Å²) in [7, 11) is -2.40. The van der Waals surface area contributed by atoms with Crippen molar-refractivity contribution in [2.24, 2.45) is 0 Å². The predicted octanol–water partition coefficient (Wildman–Crippen LogP) is 4.44. The highest BCUT2D eigenvalue weighted by molar-refractivity contribution is 7.89. The van der Waals surface area contributed by atoms with Gasteiger partial charge in [-0.15, -0.1) is 0 Å². The fourth-order valence-electron chi connectivity index (χ4n) is 2.57. The third-order valence-electron chi connectivity index (χ3n) is 4.05. The molecule has 9 heteroatoms. The summed E-state index contributed by atoms with van der Waals surface area (Å²) >= 11 is 11.9. The van der Waals surface area contributed by atoms with Gasteiger partial charge in [0.15, 0.2) is 0 Å². The lowest BCUT2D eigenvalue weighted by molar-refractivity contribution is 0.0989. The van der Waals surface area contributed by atoms with Gasteiger partial charge in [-0.05, 0) is 36.4 Å². The fraction of sp³-hybridized carbons (Fsp3) is 0.278. The van der Waals surface area contributed by atoms with Crippen LogP contribution in [0.15, 0.2) is 41.3 Å². The van der Waals surface area contributed by atoms with Gasteiger partial charge in [0, 0.05) is 35.9 Å². The maximum atomic E-state index is 14.3. The second kappa shape index (κ2) is 8.56. The molecule has 0 saturated heterocycles. The minimum Gasteiger partial charge on any atom is -0.311 e. The van der Waals surface area contributed by atoms with Gasteiger partial charge in [0.1, 0.15) is 5.82 Å². The molecule has 0 fully saturated rings. The first kappa shape index (κ1) is 21.6. The molecule has 0 bridgehead atoms. The van der Waals surface area contributed by atoms with E-state index in [1.807, 2.05) is 0 Å². The van der Waals surface area contributed by atoms with Crippen molar-refractivity contribution < 1.29 is 17.6 Å². The van der Waals surface area contributed by atoms with Crippen LogP contribution in [0.1, 0.15) is 24.2 Å². The Hall–Kier alpha value is -1.67. The molecule has 0 unspecified atom stereocenters. The third kappa shape index (κ3) is 4.60. The molecule has 0 saturated carbocycles. The molecule has 0 aromatic heterocycles. The van der Waals surface area contributed by atoms with Crippen LogP contribution in [0, 0.1) is 5.82 Å². The molecule has 0 N–H and O–H groups in total. The van der Waals surface area contributed by atoms with Crippen molar-refractivity contribution in [3.05, 3.63) is 57.8 Å². The predicted molar refractivity (Wildman–Crippen MR) is 106 cm³/mol. The Morgan fingerprint density at radius 1 is 1.04 bits per heavy atom. The number of amides is 1. The largest absolute Gasteiger partial charge is 0.311 e. The Kier molecular flexibility index (Phi) is 6.86. The number of benzene rings is 2. The lowest BCUT2D eigenvalue weighted by Crippen LogP contribution is -2.31. The van der Waals surface area contributed by atoms with Gasteiger partial charge in [-0.25, -0.2) is 12.8 Å². The van der Waals surface area contributed by atoms with Crippen molar-refractivity contribution in [2.75, 3.05) is 25.0 Å². The molecule has 1 amide bonds. The summed E-state index contributed by atoms with van der Waals surface area (Å²) in [6, 6.07) is 7.68. The molecule has 0 aliphatic rings. The van der Waals surface area contributed by atoms with Crippen molar-refractivity contribution in [3.63, 3.8) is 0 Å². The zero-order chi connectivity index (χ0) is 20.4. The van der Waals surface area contributed by atoms with E-state index in [0.717, 1.165) is 23.1 Å². The number of halogens is 3. The van der Waals surface area contributed by atoms with Crippen LogP contribution < -0.4 is 4.90 Å². The summed E-state index contributed by atoms with van der Waals surface area (Å²) in [5.74, 6) is -1.54. The average molecular weight is 433 g/mol. The first-order chi connectivity index (χ1) is 12.6. The van der Waals surface area contributed by atoms with E-state index in [4.69, 9.17) is 23.2 Å². The molecule has 0 spiro atoms. The van der Waals surface area contributed by atoms with Gasteiger partial charge in [0.05, 0.1) is 10.5 Å². The first-order valence-corrected chi connectivity index (χ1v) is 10.3. The Morgan fingerprint density at radius 2 is 1.59 bits per heavy atom. The number of carbonyl (C=O) groups is 1. The Bertz CT molecular complexity index is 943. The quantitative estimate of drug-likeness (QED) is 0.677. The number of carbonyl (C=O) groups excluding carboxylic acids is 1. The summed E-state index contributed by atoms with van der Waals surface area (Å²) < 4.78 is 40.8. The maximum absolute atomic E-state index is 14.3. The molecule has 5 nitrogen and oxygen atoms in total. The van der Waals surface area contributed by atoms with Gasteiger partial charge in [0.25, 0.3) is 5.91 Å². The van der Waals surface area contributed by atoms with Gasteiger partial charge in [-0.1, -0.05) is 37.0 Å². The van der Waals surface area contributed by atoms with E-state index in [2.05, 4.69) is 0 Å². The zero-order valence-electron chi connectivity index (χ0n) is 15.0. The number of hydrogen-bond acceptors (Lipinski definition) is 3. The monoisotopic (exact) mass is 432 g/mol. The van der Waals surface area contributed by atoms with E-state index in [9.17, 15) is 17.6 Å². The molecule has 2 rings (SSSR count). The normalized spacial score (nSPS) is 11.7. The first-order valence-electron chi connectivity index (χ1n) is 8.15. The van der Waals surface area contributed by atoms with Crippen LogP contribution in [0.4, 0.5) is 10.1 Å². The molecular weight excluding hydrogens is 414 g/mol. The summed E-state index contributed by atoms with van der Waals surface area (Å²) in [6.45, 7) is 3.93. The fourth-order valence-corrected chi connectivity index (χ4v) is 4.57. The SMILES string of the molecule is CCN(CC)S(=O)(=O)c1ccc(F)c(C(=O)N(C)c2cc(Cl)cc(Cl)c2)c1. The molecule has 0 atom stereocenters. The summed E-state index contributed by atoms with van der Waals surface area (Å²) in [4.78, 5) is 13.8. The number of nitrogens with zero attached hydrogens (tertiary/aromatic N) is 2. The molecule has 146 valence electrons. The average Bonchev–Trinajstić information content (AvgIpc) is 2.60. The lowest BCUT2D eigenvalue weighted by atomic mass is 10.1. The molecule has 0 radical (unpaired) electrons. The van der Waals surface area contributed by atoms with E-state index < -0.39 is 21.7 Å². The number of sulfonamides is 1. The number of anilines is 1. The highest BCUT2D eigenvalue weighted by Gasteiger charge is 2.25. The second-order valence-electron chi connectivity index (χ2n) is 5.72. The van der Waals surface area contributed by atoms with Gasteiger partial charge < -0.3 is 4.90 Å². The van der Waals surface area contributed by atoms with Gasteiger partial charge >= 0.3 is 0 Å². The topological polar surface area (TPSA) is 57.7 Å². The second-order valence-corrected chi connectivity index (χ2v) is 8.53. The van der Waals surface area contributed by atoms with Crippen molar-refractivity contribution in [2.45, 2.75) is 18.7 Å².